The molecule has 3 N–H and O–H groups in total. The summed E-state index contributed by atoms with van der Waals surface area (Å²) in [4.78, 5) is 11.6. The van der Waals surface area contributed by atoms with Crippen LogP contribution in [-0.4, -0.2) is 32.8 Å². The van der Waals surface area contributed by atoms with Crippen LogP contribution >= 0.6 is 0 Å². The number of hydrogen-bond donors (Lipinski definition) is 2. The highest BCUT2D eigenvalue weighted by Gasteiger charge is 2.13. The van der Waals surface area contributed by atoms with Crippen LogP contribution in [0.25, 0.3) is 0 Å². The van der Waals surface area contributed by atoms with Gasteiger partial charge in [0.1, 0.15) is 0 Å². The molecule has 1 aromatic carbocycles. The number of rotatable bonds is 6. The van der Waals surface area contributed by atoms with E-state index in [-0.39, 0.29) is 0 Å². The second kappa shape index (κ2) is 6.86. The summed E-state index contributed by atoms with van der Waals surface area (Å²) in [5.74, 6) is -0.427. The van der Waals surface area contributed by atoms with Gasteiger partial charge >= 0.3 is 5.97 Å². The Morgan fingerprint density at radius 1 is 1.44 bits per heavy atom. The number of anilines is 2. The van der Waals surface area contributed by atoms with Crippen molar-refractivity contribution in [2.45, 2.75) is 13.8 Å². The second-order valence-corrected chi connectivity index (χ2v) is 3.87. The van der Waals surface area contributed by atoms with Crippen LogP contribution in [0.5, 0.6) is 0 Å². The van der Waals surface area contributed by atoms with Crippen molar-refractivity contribution in [3.63, 3.8) is 0 Å². The molecule has 0 aliphatic rings. The second-order valence-electron chi connectivity index (χ2n) is 3.87. The first-order valence-corrected chi connectivity index (χ1v) is 5.90. The lowest BCUT2D eigenvalue weighted by atomic mass is 10.1. The average molecular weight is 252 g/mol. The lowest BCUT2D eigenvalue weighted by Gasteiger charge is -2.12. The summed E-state index contributed by atoms with van der Waals surface area (Å²) in [6.45, 7) is 5.79. The number of benzene rings is 1. The molecule has 0 spiro atoms. The zero-order chi connectivity index (χ0) is 13.5. The quantitative estimate of drug-likeness (QED) is 0.459. The van der Waals surface area contributed by atoms with Crippen molar-refractivity contribution >= 4 is 17.3 Å². The van der Waals surface area contributed by atoms with Gasteiger partial charge in [-0.05, 0) is 31.5 Å². The lowest BCUT2D eigenvalue weighted by Crippen LogP contribution is -2.12. The molecule has 0 amide bonds. The minimum Gasteiger partial charge on any atom is -0.465 e. The highest BCUT2D eigenvalue weighted by molar-refractivity contribution is 5.97. The Hall–Kier alpha value is -1.75. The van der Waals surface area contributed by atoms with Crippen LogP contribution in [0.2, 0.25) is 0 Å². The molecular weight excluding hydrogens is 232 g/mol. The van der Waals surface area contributed by atoms with Crippen molar-refractivity contribution in [3.8, 4) is 0 Å². The summed E-state index contributed by atoms with van der Waals surface area (Å²) in [6, 6.07) is 3.59. The molecule has 0 saturated carbocycles. The van der Waals surface area contributed by atoms with Gasteiger partial charge in [-0.3, -0.25) is 0 Å². The van der Waals surface area contributed by atoms with Crippen molar-refractivity contribution < 1.29 is 14.3 Å². The standard InChI is InChI=1S/C13H20N2O3/c1-4-18-6-5-15-10-7-9(2)12(14)11(8-10)13(16)17-3/h7-8,15H,4-6,14H2,1-3H3. The molecule has 0 saturated heterocycles. The number of nitrogens with one attached hydrogen (secondary N) is 1. The molecule has 0 fully saturated rings. The van der Waals surface area contributed by atoms with Crippen molar-refractivity contribution in [1.29, 1.82) is 0 Å². The summed E-state index contributed by atoms with van der Waals surface area (Å²) >= 11 is 0. The fourth-order valence-electron chi connectivity index (χ4n) is 1.59. The van der Waals surface area contributed by atoms with Gasteiger partial charge in [0, 0.05) is 24.5 Å². The molecule has 100 valence electrons. The number of nitrogens with two attached hydrogens (primary N) is 1. The summed E-state index contributed by atoms with van der Waals surface area (Å²) in [7, 11) is 1.34. The zero-order valence-corrected chi connectivity index (χ0v) is 11.1. The number of methoxy groups -OCH3 is 1. The molecule has 0 bridgehead atoms. The van der Waals surface area contributed by atoms with E-state index in [0.717, 1.165) is 11.3 Å². The summed E-state index contributed by atoms with van der Waals surface area (Å²) in [5, 5.41) is 3.18. The van der Waals surface area contributed by atoms with Crippen molar-refractivity contribution in [2.75, 3.05) is 37.9 Å². The molecule has 0 aliphatic carbocycles. The molecule has 0 radical (unpaired) electrons. The Labute approximate surface area is 107 Å². The Balaban J connectivity index is 2.81. The van der Waals surface area contributed by atoms with E-state index in [0.29, 0.717) is 31.0 Å². The van der Waals surface area contributed by atoms with Gasteiger partial charge in [-0.25, -0.2) is 4.79 Å². The molecule has 5 heteroatoms. The molecule has 0 aliphatic heterocycles. The molecule has 0 heterocycles. The molecule has 0 atom stereocenters. The lowest BCUT2D eigenvalue weighted by molar-refractivity contribution is 0.0602. The SMILES string of the molecule is CCOCCNc1cc(C)c(N)c(C(=O)OC)c1. The number of hydrogen-bond acceptors (Lipinski definition) is 5. The number of ether oxygens (including phenoxy) is 2. The van der Waals surface area contributed by atoms with Gasteiger partial charge in [0.15, 0.2) is 0 Å². The Morgan fingerprint density at radius 2 is 2.17 bits per heavy atom. The van der Waals surface area contributed by atoms with Crippen molar-refractivity contribution in [1.82, 2.24) is 0 Å². The van der Waals surface area contributed by atoms with Gasteiger partial charge in [0.2, 0.25) is 0 Å². The maximum absolute atomic E-state index is 11.6. The molecular formula is C13H20N2O3. The fraction of sp³-hybridized carbons (Fsp3) is 0.462. The van der Waals surface area contributed by atoms with Gasteiger partial charge in [-0.2, -0.15) is 0 Å². The zero-order valence-electron chi connectivity index (χ0n) is 11.1. The molecule has 5 nitrogen and oxygen atoms in total. The van der Waals surface area contributed by atoms with E-state index >= 15 is 0 Å². The van der Waals surface area contributed by atoms with Gasteiger partial charge < -0.3 is 20.5 Å². The first-order valence-electron chi connectivity index (χ1n) is 5.90. The molecule has 1 rings (SSSR count). The van der Waals surface area contributed by atoms with Gasteiger partial charge in [-0.1, -0.05) is 0 Å². The third-order valence-corrected chi connectivity index (χ3v) is 2.57. The van der Waals surface area contributed by atoms with Crippen LogP contribution in [-0.2, 0) is 9.47 Å². The van der Waals surface area contributed by atoms with E-state index in [4.69, 9.17) is 15.2 Å². The predicted molar refractivity (Wildman–Crippen MR) is 71.9 cm³/mol. The number of aryl methyl sites for hydroxylation is 1. The number of carbonyl (C=O) groups excluding carboxylic acids is 1. The van der Waals surface area contributed by atoms with Crippen LogP contribution in [0, 0.1) is 6.92 Å². The minimum absolute atomic E-state index is 0.386. The van der Waals surface area contributed by atoms with Crippen LogP contribution < -0.4 is 11.1 Å². The Morgan fingerprint density at radius 3 is 2.78 bits per heavy atom. The summed E-state index contributed by atoms with van der Waals surface area (Å²) < 4.78 is 9.93. The average Bonchev–Trinajstić information content (AvgIpc) is 2.37. The van der Waals surface area contributed by atoms with Crippen LogP contribution in [0.3, 0.4) is 0 Å². The third kappa shape index (κ3) is 3.63. The highest BCUT2D eigenvalue weighted by atomic mass is 16.5. The fourth-order valence-corrected chi connectivity index (χ4v) is 1.59. The monoisotopic (exact) mass is 252 g/mol. The summed E-state index contributed by atoms with van der Waals surface area (Å²) in [6.07, 6.45) is 0. The van der Waals surface area contributed by atoms with E-state index in [9.17, 15) is 4.79 Å². The van der Waals surface area contributed by atoms with E-state index < -0.39 is 5.97 Å². The summed E-state index contributed by atoms with van der Waals surface area (Å²) in [5.41, 5.74) is 8.37. The molecule has 18 heavy (non-hydrogen) atoms. The van der Waals surface area contributed by atoms with Crippen LogP contribution in [0.4, 0.5) is 11.4 Å². The Bertz CT molecular complexity index is 419. The minimum atomic E-state index is -0.427. The number of carbonyl (C=O) groups is 1. The smallest absolute Gasteiger partial charge is 0.340 e. The van der Waals surface area contributed by atoms with Crippen LogP contribution in [0.15, 0.2) is 12.1 Å². The highest BCUT2D eigenvalue weighted by Crippen LogP contribution is 2.23. The first-order chi connectivity index (χ1) is 8.60. The third-order valence-electron chi connectivity index (χ3n) is 2.57. The molecule has 0 aromatic heterocycles. The van der Waals surface area contributed by atoms with Crippen molar-refractivity contribution in [3.05, 3.63) is 23.3 Å². The largest absolute Gasteiger partial charge is 0.465 e. The first kappa shape index (κ1) is 14.3. The van der Waals surface area contributed by atoms with E-state index in [1.165, 1.54) is 7.11 Å². The molecule has 1 aromatic rings. The van der Waals surface area contributed by atoms with Gasteiger partial charge in [-0.15, -0.1) is 0 Å². The topological polar surface area (TPSA) is 73.6 Å². The van der Waals surface area contributed by atoms with E-state index in [2.05, 4.69) is 5.32 Å². The number of nitrogen functional groups attached to an aromatic ring is 1. The molecule has 0 unspecified atom stereocenters. The van der Waals surface area contributed by atoms with Crippen molar-refractivity contribution in [2.24, 2.45) is 0 Å². The normalized spacial score (nSPS) is 10.2. The van der Waals surface area contributed by atoms with Crippen LogP contribution in [0.1, 0.15) is 22.8 Å². The van der Waals surface area contributed by atoms with E-state index in [1.54, 1.807) is 6.07 Å². The maximum Gasteiger partial charge on any atom is 0.340 e. The van der Waals surface area contributed by atoms with Gasteiger partial charge in [0.25, 0.3) is 0 Å². The maximum atomic E-state index is 11.6. The predicted octanol–water partition coefficient (Wildman–Crippen LogP) is 1.81. The van der Waals surface area contributed by atoms with E-state index in [1.807, 2.05) is 19.9 Å². The number of esters is 1. The Kier molecular flexibility index (Phi) is 5.45. The van der Waals surface area contributed by atoms with Gasteiger partial charge in [0.05, 0.1) is 19.3 Å².